The number of ether oxygens (including phenoxy) is 6. The Morgan fingerprint density at radius 3 is 1.33 bits per heavy atom. The number of benzene rings is 2. The average Bonchev–Trinajstić information content (AvgIpc) is 3.09. The van der Waals surface area contributed by atoms with Gasteiger partial charge in [0.1, 0.15) is 36.8 Å². The van der Waals surface area contributed by atoms with Gasteiger partial charge in [0.25, 0.3) is 11.6 Å². The van der Waals surface area contributed by atoms with Crippen LogP contribution in [0.5, 0.6) is 11.5 Å². The molecule has 2 N–H and O–H groups in total. The van der Waals surface area contributed by atoms with E-state index in [9.17, 15) is 28.8 Å². The first kappa shape index (κ1) is 37.8. The van der Waals surface area contributed by atoms with E-state index in [1.165, 1.54) is 36.4 Å². The molecule has 0 fully saturated rings. The van der Waals surface area contributed by atoms with Crippen LogP contribution in [0.3, 0.4) is 0 Å². The fourth-order valence-electron chi connectivity index (χ4n) is 3.93. The molecule has 2 atom stereocenters. The number of anilines is 2. The van der Waals surface area contributed by atoms with Crippen LogP contribution in [0.25, 0.3) is 11.1 Å². The molecule has 48 heavy (non-hydrogen) atoms. The minimum absolute atomic E-state index is 0.0137. The third-order valence-electron chi connectivity index (χ3n) is 6.31. The van der Waals surface area contributed by atoms with Gasteiger partial charge in [-0.25, -0.2) is 9.59 Å². The molecule has 0 amide bonds. The number of esters is 4. The summed E-state index contributed by atoms with van der Waals surface area (Å²) in [5.41, 5.74) is 18.0. The van der Waals surface area contributed by atoms with Crippen LogP contribution in [0.15, 0.2) is 36.4 Å². The number of carbonyl (C=O) groups excluding carboxylic acids is 6. The summed E-state index contributed by atoms with van der Waals surface area (Å²) in [6, 6.07) is 5.64. The lowest BCUT2D eigenvalue weighted by atomic mass is 10.1. The van der Waals surface area contributed by atoms with Gasteiger partial charge in [-0.05, 0) is 36.4 Å². The van der Waals surface area contributed by atoms with Crippen LogP contribution in [0.2, 0.25) is 0 Å². The summed E-state index contributed by atoms with van der Waals surface area (Å²) in [7, 11) is 4.56. The molecule has 0 heterocycles. The highest BCUT2D eigenvalue weighted by Crippen LogP contribution is 2.30. The lowest BCUT2D eigenvalue weighted by Crippen LogP contribution is -2.33. The lowest BCUT2D eigenvalue weighted by Gasteiger charge is -2.21. The Bertz CT molecular complexity index is 1510. The largest absolute Gasteiger partial charge is 0.488 e. The third kappa shape index (κ3) is 11.2. The molecule has 0 saturated heterocycles. The molecule has 0 bridgehead atoms. The van der Waals surface area contributed by atoms with Gasteiger partial charge in [-0.2, -0.15) is 9.58 Å². The fraction of sp³-hybridized carbons (Fsp3) is 0.333. The first-order valence-electron chi connectivity index (χ1n) is 13.8. The Balaban J connectivity index is 2.40. The molecule has 0 radical (unpaired) electrons. The van der Waals surface area contributed by atoms with Crippen molar-refractivity contribution >= 4 is 59.2 Å². The first-order valence-corrected chi connectivity index (χ1v) is 13.8. The van der Waals surface area contributed by atoms with Crippen LogP contribution in [0.4, 0.5) is 11.4 Å². The van der Waals surface area contributed by atoms with Gasteiger partial charge in [0.05, 0.1) is 52.7 Å². The van der Waals surface area contributed by atoms with Gasteiger partial charge in [-0.15, -0.1) is 0 Å². The molecule has 18 nitrogen and oxygen atoms in total. The smallest absolute Gasteiger partial charge is 0.328 e. The van der Waals surface area contributed by atoms with Crippen molar-refractivity contribution < 1.29 is 66.8 Å². The topological polar surface area (TPSA) is 255 Å². The highest BCUT2D eigenvalue weighted by Gasteiger charge is 2.26. The van der Waals surface area contributed by atoms with Crippen molar-refractivity contribution in [3.63, 3.8) is 0 Å². The third-order valence-corrected chi connectivity index (χ3v) is 6.31. The van der Waals surface area contributed by atoms with Crippen LogP contribution in [-0.4, -0.2) is 111 Å². The van der Waals surface area contributed by atoms with Crippen molar-refractivity contribution in [2.75, 3.05) is 52.3 Å². The molecular weight excluding hydrogens is 636 g/mol. The second-order valence-electron chi connectivity index (χ2n) is 9.34. The molecule has 2 rings (SSSR count). The van der Waals surface area contributed by atoms with Crippen molar-refractivity contribution in [2.45, 2.75) is 24.9 Å². The van der Waals surface area contributed by atoms with Crippen molar-refractivity contribution in [2.24, 2.45) is 0 Å². The minimum atomic E-state index is -1.20. The van der Waals surface area contributed by atoms with Crippen molar-refractivity contribution in [1.29, 1.82) is 0 Å². The number of nitrogens with one attached hydrogen (secondary N) is 2. The molecule has 254 valence electrons. The van der Waals surface area contributed by atoms with E-state index in [4.69, 9.17) is 30.0 Å². The van der Waals surface area contributed by atoms with E-state index in [1.54, 1.807) is 0 Å². The van der Waals surface area contributed by atoms with E-state index >= 15 is 0 Å². The number of nitrogens with zero attached hydrogens (tertiary/aromatic N) is 4. The maximum atomic E-state index is 12.4. The van der Waals surface area contributed by atoms with Gasteiger partial charge in [0.2, 0.25) is 0 Å². The average molecular weight is 669 g/mol. The van der Waals surface area contributed by atoms with Gasteiger partial charge in [0.15, 0.2) is 0 Å². The SMILES string of the molecule is COC(=O)CC(Nc1ccc(C(=O)C=[N+]=[N-])cc1OCCOc1cc(C(=O)C=[N+]=[N-])ccc1NC(CC(=O)OC)C(=O)OC)C(=O)OC. The standard InChI is InChI=1S/C30H32N6O12/c1-43-27(39)13-21(29(41)45-3)35-19-7-5-17(23(37)15-33-31)11-25(19)47-9-10-48-26-12-18(24(38)16-34-32)6-8-20(26)36-22(30(42)46-4)14-28(40)44-2/h5-8,11-12,15-16,21-22,35-36H,9-10,13-14H2,1-4H3. The lowest BCUT2D eigenvalue weighted by molar-refractivity contribution is -0.148. The number of hydrogen-bond acceptors (Lipinski definition) is 14. The molecule has 18 heteroatoms. The number of carbonyl (C=O) groups is 6. The van der Waals surface area contributed by atoms with Crippen molar-refractivity contribution in [1.82, 2.24) is 0 Å². The molecule has 2 unspecified atom stereocenters. The molecule has 0 aliphatic rings. The molecule has 0 spiro atoms. The monoisotopic (exact) mass is 668 g/mol. The number of ketones is 2. The second-order valence-corrected chi connectivity index (χ2v) is 9.34. The molecule has 2 aromatic rings. The summed E-state index contributed by atoms with van der Waals surface area (Å²) >= 11 is 0. The van der Waals surface area contributed by atoms with Crippen LogP contribution in [0.1, 0.15) is 33.6 Å². The molecule has 0 aliphatic heterocycles. The summed E-state index contributed by atoms with van der Waals surface area (Å²) in [4.78, 5) is 78.6. The summed E-state index contributed by atoms with van der Waals surface area (Å²) in [5.74, 6) is -4.34. The Hall–Kier alpha value is -6.38. The van der Waals surface area contributed by atoms with Gasteiger partial charge >= 0.3 is 36.3 Å². The summed E-state index contributed by atoms with van der Waals surface area (Å²) in [5, 5.41) is 5.64. The molecular formula is C30H32N6O12. The number of methoxy groups -OCH3 is 4. The van der Waals surface area contributed by atoms with Crippen LogP contribution in [-0.2, 0) is 38.1 Å². The maximum absolute atomic E-state index is 12.4. The van der Waals surface area contributed by atoms with Gasteiger partial charge in [0, 0.05) is 11.1 Å². The second kappa shape index (κ2) is 19.2. The minimum Gasteiger partial charge on any atom is -0.488 e. The van der Waals surface area contributed by atoms with E-state index < -0.39 is 60.4 Å². The van der Waals surface area contributed by atoms with E-state index in [2.05, 4.69) is 29.7 Å². The summed E-state index contributed by atoms with van der Waals surface area (Å²) in [6.07, 6.45) is 0.516. The van der Waals surface area contributed by atoms with E-state index in [0.717, 1.165) is 28.4 Å². The van der Waals surface area contributed by atoms with E-state index in [1.807, 2.05) is 0 Å². The molecule has 0 saturated carbocycles. The fourth-order valence-corrected chi connectivity index (χ4v) is 3.93. The maximum Gasteiger partial charge on any atom is 0.328 e. The number of rotatable bonds is 19. The molecule has 2 aromatic carbocycles. The summed E-state index contributed by atoms with van der Waals surface area (Å²) in [6.45, 7) is -0.447. The predicted molar refractivity (Wildman–Crippen MR) is 164 cm³/mol. The van der Waals surface area contributed by atoms with E-state index in [0.29, 0.717) is 12.4 Å². The van der Waals surface area contributed by atoms with Crippen LogP contribution < -0.4 is 20.1 Å². The Labute approximate surface area is 273 Å². The first-order chi connectivity index (χ1) is 23.0. The Morgan fingerprint density at radius 2 is 1.02 bits per heavy atom. The zero-order valence-electron chi connectivity index (χ0n) is 26.3. The Morgan fingerprint density at radius 1 is 0.646 bits per heavy atom. The van der Waals surface area contributed by atoms with Crippen molar-refractivity contribution in [3.05, 3.63) is 58.6 Å². The van der Waals surface area contributed by atoms with Gasteiger partial charge in [-0.3, -0.25) is 19.2 Å². The quantitative estimate of drug-likeness (QED) is 0.0405. The van der Waals surface area contributed by atoms with E-state index in [-0.39, 0.29) is 47.2 Å². The van der Waals surface area contributed by atoms with Crippen molar-refractivity contribution in [3.8, 4) is 11.5 Å². The van der Waals surface area contributed by atoms with Crippen LogP contribution in [0, 0.1) is 0 Å². The normalized spacial score (nSPS) is 11.2. The zero-order valence-corrected chi connectivity index (χ0v) is 26.3. The van der Waals surface area contributed by atoms with Gasteiger partial charge < -0.3 is 50.1 Å². The predicted octanol–water partition coefficient (Wildman–Crippen LogP) is 1.14. The highest BCUT2D eigenvalue weighted by atomic mass is 16.5. The molecule has 0 aliphatic carbocycles. The number of Topliss-reactive ketones (excluding diaryl/α,β-unsaturated/α-hetero) is 2. The number of hydrogen-bond donors (Lipinski definition) is 2. The Kier molecular flexibility index (Phi) is 15.1. The molecule has 0 aromatic heterocycles. The van der Waals surface area contributed by atoms with Gasteiger partial charge in [-0.1, -0.05) is 0 Å². The van der Waals surface area contributed by atoms with Crippen LogP contribution >= 0.6 is 0 Å². The summed E-state index contributed by atoms with van der Waals surface area (Å²) < 4.78 is 30.5. The highest BCUT2D eigenvalue weighted by molar-refractivity contribution is 6.34. The zero-order chi connectivity index (χ0) is 35.6.